The lowest BCUT2D eigenvalue weighted by molar-refractivity contribution is 0.561. The Morgan fingerprint density at radius 1 is 1.37 bits per heavy atom. The van der Waals surface area contributed by atoms with E-state index in [9.17, 15) is 0 Å². The summed E-state index contributed by atoms with van der Waals surface area (Å²) in [7, 11) is 0. The highest BCUT2D eigenvalue weighted by Crippen LogP contribution is 2.27. The van der Waals surface area contributed by atoms with Gasteiger partial charge in [0.2, 0.25) is 0 Å². The van der Waals surface area contributed by atoms with Gasteiger partial charge in [0.05, 0.1) is 11.8 Å². The summed E-state index contributed by atoms with van der Waals surface area (Å²) >= 11 is 1.59. The number of nitrogens with zero attached hydrogens (tertiary/aromatic N) is 3. The van der Waals surface area contributed by atoms with Crippen LogP contribution in [0.4, 0.5) is 0 Å². The van der Waals surface area contributed by atoms with Crippen LogP contribution in [0.25, 0.3) is 21.7 Å². The zero-order chi connectivity index (χ0) is 13.2. The third-order valence-electron chi connectivity index (χ3n) is 2.79. The molecule has 0 radical (unpaired) electrons. The second-order valence-corrected chi connectivity index (χ2v) is 5.08. The molecule has 2 aromatic heterocycles. The summed E-state index contributed by atoms with van der Waals surface area (Å²) in [5, 5.41) is 11.5. The third-order valence-corrected chi connectivity index (χ3v) is 3.73. The van der Waals surface area contributed by atoms with E-state index in [4.69, 9.17) is 9.68 Å². The third kappa shape index (κ3) is 2.35. The number of oxazole rings is 1. The quantitative estimate of drug-likeness (QED) is 0.727. The maximum Gasteiger partial charge on any atom is 0.192 e. The van der Waals surface area contributed by atoms with Gasteiger partial charge in [-0.15, -0.1) is 11.3 Å². The average Bonchev–Trinajstić information content (AvgIpc) is 3.00. The number of hydrogen-bond donors (Lipinski definition) is 0. The van der Waals surface area contributed by atoms with E-state index in [2.05, 4.69) is 16.0 Å². The number of benzene rings is 1. The molecule has 0 fully saturated rings. The molecule has 3 rings (SSSR count). The highest BCUT2D eigenvalue weighted by atomic mass is 32.1. The van der Waals surface area contributed by atoms with Gasteiger partial charge in [-0.2, -0.15) is 5.26 Å². The van der Waals surface area contributed by atoms with Gasteiger partial charge in [-0.3, -0.25) is 0 Å². The molecule has 0 saturated heterocycles. The summed E-state index contributed by atoms with van der Waals surface area (Å²) in [5.74, 6) is 0.668. The predicted octanol–water partition coefficient (Wildman–Crippen LogP) is 3.72. The molecule has 0 aliphatic rings. The summed E-state index contributed by atoms with van der Waals surface area (Å²) in [5.41, 5.74) is 3.65. The normalized spacial score (nSPS) is 10.7. The Bertz CT molecular complexity index is 766. The molecular formula is C14H11N3OS. The fourth-order valence-corrected chi connectivity index (χ4v) is 2.77. The Hall–Kier alpha value is -2.19. The van der Waals surface area contributed by atoms with Crippen molar-refractivity contribution in [2.45, 2.75) is 19.8 Å². The SMILES string of the molecule is Cc1nc2cc(-c3nc(CCC#N)cs3)ccc2o1. The maximum atomic E-state index is 8.58. The van der Waals surface area contributed by atoms with Gasteiger partial charge in [-0.25, -0.2) is 9.97 Å². The topological polar surface area (TPSA) is 62.7 Å². The molecule has 0 atom stereocenters. The van der Waals surface area contributed by atoms with Crippen LogP contribution in [0.3, 0.4) is 0 Å². The molecule has 4 nitrogen and oxygen atoms in total. The summed E-state index contributed by atoms with van der Waals surface area (Å²) in [6.07, 6.45) is 1.21. The van der Waals surface area contributed by atoms with Gasteiger partial charge >= 0.3 is 0 Å². The second kappa shape index (κ2) is 4.82. The van der Waals surface area contributed by atoms with Crippen molar-refractivity contribution in [2.24, 2.45) is 0 Å². The van der Waals surface area contributed by atoms with Crippen LogP contribution in [0, 0.1) is 18.3 Å². The summed E-state index contributed by atoms with van der Waals surface area (Å²) in [4.78, 5) is 8.86. The smallest absolute Gasteiger partial charge is 0.192 e. The lowest BCUT2D eigenvalue weighted by Crippen LogP contribution is -1.84. The maximum absolute atomic E-state index is 8.58. The van der Waals surface area contributed by atoms with E-state index in [0.29, 0.717) is 18.7 Å². The Morgan fingerprint density at radius 3 is 3.11 bits per heavy atom. The Labute approximate surface area is 114 Å². The molecule has 0 aliphatic carbocycles. The number of aryl methyl sites for hydroxylation is 2. The van der Waals surface area contributed by atoms with Crippen molar-refractivity contribution in [2.75, 3.05) is 0 Å². The van der Waals surface area contributed by atoms with Gasteiger partial charge in [0.15, 0.2) is 11.5 Å². The van der Waals surface area contributed by atoms with Crippen LogP contribution in [-0.4, -0.2) is 9.97 Å². The first-order valence-electron chi connectivity index (χ1n) is 5.95. The second-order valence-electron chi connectivity index (χ2n) is 4.22. The molecule has 19 heavy (non-hydrogen) atoms. The van der Waals surface area contributed by atoms with Crippen LogP contribution < -0.4 is 0 Å². The van der Waals surface area contributed by atoms with Crippen molar-refractivity contribution >= 4 is 22.4 Å². The molecule has 0 N–H and O–H groups in total. The first kappa shape index (κ1) is 11.9. The van der Waals surface area contributed by atoms with Crippen LogP contribution in [0.1, 0.15) is 18.0 Å². The zero-order valence-corrected chi connectivity index (χ0v) is 11.2. The first-order valence-corrected chi connectivity index (χ1v) is 6.83. The molecule has 3 aromatic rings. The van der Waals surface area contributed by atoms with Crippen molar-refractivity contribution in [1.29, 1.82) is 5.26 Å². The zero-order valence-electron chi connectivity index (χ0n) is 10.4. The molecule has 1 aromatic carbocycles. The summed E-state index contributed by atoms with van der Waals surface area (Å²) < 4.78 is 5.45. The van der Waals surface area contributed by atoms with Gasteiger partial charge in [0.25, 0.3) is 0 Å². The van der Waals surface area contributed by atoms with Crippen LogP contribution >= 0.6 is 11.3 Å². The summed E-state index contributed by atoms with van der Waals surface area (Å²) in [6.45, 7) is 1.84. The minimum atomic E-state index is 0.505. The molecule has 2 heterocycles. The predicted molar refractivity (Wildman–Crippen MR) is 73.8 cm³/mol. The van der Waals surface area contributed by atoms with Crippen molar-refractivity contribution in [1.82, 2.24) is 9.97 Å². The first-order chi connectivity index (χ1) is 9.26. The molecule has 0 amide bonds. The standard InChI is InChI=1S/C14H11N3OS/c1-9-16-12-7-10(4-5-13(12)18-9)14-17-11(8-19-14)3-2-6-15/h4-5,7-8H,2-3H2,1H3. The van der Waals surface area contributed by atoms with Crippen molar-refractivity contribution in [3.05, 3.63) is 35.2 Å². The van der Waals surface area contributed by atoms with Gasteiger partial charge in [0.1, 0.15) is 10.5 Å². The average molecular weight is 269 g/mol. The minimum absolute atomic E-state index is 0.505. The molecule has 94 valence electrons. The van der Waals surface area contributed by atoms with Gasteiger partial charge in [0, 0.05) is 30.7 Å². The van der Waals surface area contributed by atoms with E-state index in [1.807, 2.05) is 30.5 Å². The number of nitriles is 1. The largest absolute Gasteiger partial charge is 0.441 e. The fraction of sp³-hybridized carbons (Fsp3) is 0.214. The van der Waals surface area contributed by atoms with E-state index >= 15 is 0 Å². The van der Waals surface area contributed by atoms with Crippen molar-refractivity contribution < 1.29 is 4.42 Å². The highest BCUT2D eigenvalue weighted by Gasteiger charge is 2.08. The Kier molecular flexibility index (Phi) is 3.02. The molecule has 0 saturated carbocycles. The molecule has 0 aliphatic heterocycles. The monoisotopic (exact) mass is 269 g/mol. The van der Waals surface area contributed by atoms with Gasteiger partial charge < -0.3 is 4.42 Å². The summed E-state index contributed by atoms with van der Waals surface area (Å²) in [6, 6.07) is 8.02. The molecule has 0 unspecified atom stereocenters. The minimum Gasteiger partial charge on any atom is -0.441 e. The van der Waals surface area contributed by atoms with E-state index in [1.165, 1.54) is 0 Å². The van der Waals surface area contributed by atoms with Gasteiger partial charge in [-0.05, 0) is 18.2 Å². The van der Waals surface area contributed by atoms with Crippen LogP contribution in [0.15, 0.2) is 28.0 Å². The van der Waals surface area contributed by atoms with Crippen molar-refractivity contribution in [3.8, 4) is 16.6 Å². The van der Waals surface area contributed by atoms with Gasteiger partial charge in [-0.1, -0.05) is 0 Å². The number of hydrogen-bond acceptors (Lipinski definition) is 5. The fourth-order valence-electron chi connectivity index (χ4n) is 1.91. The number of fused-ring (bicyclic) bond motifs is 1. The van der Waals surface area contributed by atoms with E-state index in [1.54, 1.807) is 11.3 Å². The van der Waals surface area contributed by atoms with E-state index in [0.717, 1.165) is 27.4 Å². The van der Waals surface area contributed by atoms with Crippen LogP contribution in [-0.2, 0) is 6.42 Å². The molecule has 0 spiro atoms. The Balaban J connectivity index is 1.94. The Morgan fingerprint density at radius 2 is 2.26 bits per heavy atom. The van der Waals surface area contributed by atoms with Crippen LogP contribution in [0.2, 0.25) is 0 Å². The molecular weight excluding hydrogens is 258 g/mol. The van der Waals surface area contributed by atoms with Crippen LogP contribution in [0.5, 0.6) is 0 Å². The molecule has 0 bridgehead atoms. The highest BCUT2D eigenvalue weighted by molar-refractivity contribution is 7.13. The molecule has 5 heteroatoms. The van der Waals surface area contributed by atoms with E-state index < -0.39 is 0 Å². The lowest BCUT2D eigenvalue weighted by Gasteiger charge is -1.95. The number of aromatic nitrogens is 2. The van der Waals surface area contributed by atoms with Crippen molar-refractivity contribution in [3.63, 3.8) is 0 Å². The van der Waals surface area contributed by atoms with E-state index in [-0.39, 0.29) is 0 Å². The lowest BCUT2D eigenvalue weighted by atomic mass is 10.2. The number of thiazole rings is 1. The number of rotatable bonds is 3.